The van der Waals surface area contributed by atoms with Gasteiger partial charge in [0.2, 0.25) is 11.8 Å². The number of hydrogen-bond acceptors (Lipinski definition) is 5. The van der Waals surface area contributed by atoms with Crippen LogP contribution in [0.1, 0.15) is 63.9 Å². The Labute approximate surface area is 215 Å². The number of benzene rings is 1. The first-order valence-corrected chi connectivity index (χ1v) is 13.0. The SMILES string of the molecule is C=CCC[C@H](Cc1ccccc1)C(=O)O[C@@H](C)CNC(=O)[C@@H](CC=C)CC(=O)NC1(CO)CCCC1. The molecule has 0 radical (unpaired) electrons. The summed E-state index contributed by atoms with van der Waals surface area (Å²) in [7, 11) is 0. The monoisotopic (exact) mass is 498 g/mol. The Morgan fingerprint density at radius 1 is 1.11 bits per heavy atom. The molecular formula is C29H42N2O5. The third-order valence-electron chi connectivity index (χ3n) is 6.78. The summed E-state index contributed by atoms with van der Waals surface area (Å²) in [5.74, 6) is -1.71. The summed E-state index contributed by atoms with van der Waals surface area (Å²) >= 11 is 0. The van der Waals surface area contributed by atoms with Crippen molar-refractivity contribution in [3.05, 3.63) is 61.2 Å². The number of allylic oxidation sites excluding steroid dienone is 2. The normalized spacial score (nSPS) is 16.8. The van der Waals surface area contributed by atoms with Gasteiger partial charge in [-0.15, -0.1) is 13.2 Å². The number of aliphatic hydroxyl groups is 1. The molecule has 0 aromatic heterocycles. The smallest absolute Gasteiger partial charge is 0.309 e. The standard InChI is InChI=1S/C29H42N2O5/c1-4-6-15-25(18-23-13-8-7-9-14-23)28(35)36-22(3)20-30-27(34)24(12-5-2)19-26(33)31-29(21-32)16-10-11-17-29/h4-5,7-9,13-14,22,24-25,32H,1-2,6,10-12,15-21H2,3H3,(H,30,34)(H,31,33)/t22-,24-,25+/m0/s1. The van der Waals surface area contributed by atoms with Gasteiger partial charge in [-0.3, -0.25) is 14.4 Å². The maximum atomic E-state index is 12.9. The van der Waals surface area contributed by atoms with E-state index >= 15 is 0 Å². The summed E-state index contributed by atoms with van der Waals surface area (Å²) in [5.41, 5.74) is 0.493. The Morgan fingerprint density at radius 3 is 2.42 bits per heavy atom. The number of ether oxygens (including phenoxy) is 1. The van der Waals surface area contributed by atoms with Crippen molar-refractivity contribution in [2.75, 3.05) is 13.2 Å². The van der Waals surface area contributed by atoms with Gasteiger partial charge in [-0.2, -0.15) is 0 Å². The molecule has 198 valence electrons. The van der Waals surface area contributed by atoms with Gasteiger partial charge in [0, 0.05) is 6.42 Å². The van der Waals surface area contributed by atoms with Crippen molar-refractivity contribution in [3.63, 3.8) is 0 Å². The summed E-state index contributed by atoms with van der Waals surface area (Å²) in [5, 5.41) is 15.5. The molecule has 2 amide bonds. The number of hydrogen-bond donors (Lipinski definition) is 3. The Kier molecular flexibility index (Phi) is 12.4. The first-order chi connectivity index (χ1) is 17.3. The van der Waals surface area contributed by atoms with Crippen LogP contribution >= 0.6 is 0 Å². The Balaban J connectivity index is 1.87. The minimum atomic E-state index is -0.582. The fraction of sp³-hybridized carbons (Fsp3) is 0.552. The summed E-state index contributed by atoms with van der Waals surface area (Å²) in [4.78, 5) is 38.3. The van der Waals surface area contributed by atoms with Gasteiger partial charge in [-0.25, -0.2) is 0 Å². The Bertz CT molecular complexity index is 864. The predicted octanol–water partition coefficient (Wildman–Crippen LogP) is 3.86. The molecule has 0 spiro atoms. The molecule has 0 bridgehead atoms. The second-order valence-corrected chi connectivity index (χ2v) is 9.86. The summed E-state index contributed by atoms with van der Waals surface area (Å²) < 4.78 is 5.65. The third kappa shape index (κ3) is 9.61. The molecular weight excluding hydrogens is 456 g/mol. The van der Waals surface area contributed by atoms with Crippen LogP contribution in [0.3, 0.4) is 0 Å². The molecule has 1 aliphatic rings. The summed E-state index contributed by atoms with van der Waals surface area (Å²) in [6, 6.07) is 9.81. The van der Waals surface area contributed by atoms with Crippen molar-refractivity contribution in [1.29, 1.82) is 0 Å². The van der Waals surface area contributed by atoms with E-state index in [2.05, 4.69) is 23.8 Å². The summed E-state index contributed by atoms with van der Waals surface area (Å²) in [6.07, 6.45) is 8.60. The highest BCUT2D eigenvalue weighted by Crippen LogP contribution is 2.29. The van der Waals surface area contributed by atoms with Crippen LogP contribution in [0, 0.1) is 11.8 Å². The van der Waals surface area contributed by atoms with Crippen LogP contribution in [-0.2, 0) is 25.5 Å². The number of carbonyl (C=O) groups is 3. The molecule has 1 fully saturated rings. The summed E-state index contributed by atoms with van der Waals surface area (Å²) in [6.45, 7) is 9.25. The van der Waals surface area contributed by atoms with E-state index in [4.69, 9.17) is 4.74 Å². The maximum absolute atomic E-state index is 12.9. The van der Waals surface area contributed by atoms with Crippen LogP contribution in [0.25, 0.3) is 0 Å². The van der Waals surface area contributed by atoms with E-state index in [1.165, 1.54) is 0 Å². The molecule has 0 heterocycles. The fourth-order valence-corrected chi connectivity index (χ4v) is 4.67. The molecule has 2 rings (SSSR count). The average molecular weight is 499 g/mol. The first-order valence-electron chi connectivity index (χ1n) is 13.0. The van der Waals surface area contributed by atoms with Crippen molar-refractivity contribution >= 4 is 17.8 Å². The van der Waals surface area contributed by atoms with Crippen LogP contribution in [-0.4, -0.2) is 47.7 Å². The second kappa shape index (κ2) is 15.2. The van der Waals surface area contributed by atoms with Gasteiger partial charge in [0.05, 0.1) is 30.5 Å². The Morgan fingerprint density at radius 2 is 1.81 bits per heavy atom. The van der Waals surface area contributed by atoms with Crippen LogP contribution in [0.2, 0.25) is 0 Å². The van der Waals surface area contributed by atoms with Crippen molar-refractivity contribution in [1.82, 2.24) is 10.6 Å². The van der Waals surface area contributed by atoms with Gasteiger partial charge in [0.15, 0.2) is 0 Å². The lowest BCUT2D eigenvalue weighted by atomic mass is 9.95. The predicted molar refractivity (Wildman–Crippen MR) is 141 cm³/mol. The van der Waals surface area contributed by atoms with E-state index in [0.29, 0.717) is 25.7 Å². The number of rotatable bonds is 16. The first kappa shape index (κ1) is 29.3. The van der Waals surface area contributed by atoms with Gasteiger partial charge in [0.1, 0.15) is 6.10 Å². The second-order valence-electron chi connectivity index (χ2n) is 9.86. The van der Waals surface area contributed by atoms with Crippen molar-refractivity contribution < 1.29 is 24.2 Å². The molecule has 0 saturated heterocycles. The number of aliphatic hydroxyl groups excluding tert-OH is 1. The highest BCUT2D eigenvalue weighted by Gasteiger charge is 2.35. The Hall–Kier alpha value is -2.93. The van der Waals surface area contributed by atoms with E-state index in [-0.39, 0.29) is 43.3 Å². The molecule has 7 nitrogen and oxygen atoms in total. The molecule has 7 heteroatoms. The third-order valence-corrected chi connectivity index (χ3v) is 6.78. The number of nitrogens with one attached hydrogen (secondary N) is 2. The zero-order valence-electron chi connectivity index (χ0n) is 21.5. The molecule has 3 N–H and O–H groups in total. The topological polar surface area (TPSA) is 105 Å². The van der Waals surface area contributed by atoms with Crippen molar-refractivity contribution in [2.24, 2.45) is 11.8 Å². The molecule has 0 aliphatic heterocycles. The van der Waals surface area contributed by atoms with Gasteiger partial charge >= 0.3 is 5.97 Å². The van der Waals surface area contributed by atoms with Crippen LogP contribution < -0.4 is 10.6 Å². The quantitative estimate of drug-likeness (QED) is 0.237. The lowest BCUT2D eigenvalue weighted by molar-refractivity contribution is -0.153. The van der Waals surface area contributed by atoms with Crippen LogP contribution in [0.5, 0.6) is 0 Å². The molecule has 1 saturated carbocycles. The zero-order chi connectivity index (χ0) is 26.4. The number of amides is 2. The number of carbonyl (C=O) groups excluding carboxylic acids is 3. The van der Waals surface area contributed by atoms with E-state index in [0.717, 1.165) is 31.2 Å². The maximum Gasteiger partial charge on any atom is 0.309 e. The highest BCUT2D eigenvalue weighted by atomic mass is 16.5. The van der Waals surface area contributed by atoms with E-state index in [1.807, 2.05) is 30.3 Å². The largest absolute Gasteiger partial charge is 0.461 e. The minimum Gasteiger partial charge on any atom is -0.461 e. The molecule has 1 aliphatic carbocycles. The molecule has 1 aromatic carbocycles. The lowest BCUT2D eigenvalue weighted by Gasteiger charge is -2.28. The molecule has 36 heavy (non-hydrogen) atoms. The minimum absolute atomic E-state index is 0.00841. The average Bonchev–Trinajstić information content (AvgIpc) is 3.34. The molecule has 0 unspecified atom stereocenters. The molecule has 1 aromatic rings. The van der Waals surface area contributed by atoms with Gasteiger partial charge in [0.25, 0.3) is 0 Å². The highest BCUT2D eigenvalue weighted by molar-refractivity contribution is 5.86. The van der Waals surface area contributed by atoms with E-state index in [1.54, 1.807) is 19.1 Å². The lowest BCUT2D eigenvalue weighted by Crippen LogP contribution is -2.50. The number of esters is 1. The van der Waals surface area contributed by atoms with E-state index in [9.17, 15) is 19.5 Å². The van der Waals surface area contributed by atoms with Gasteiger partial charge in [-0.1, -0.05) is 55.3 Å². The van der Waals surface area contributed by atoms with E-state index < -0.39 is 17.6 Å². The zero-order valence-corrected chi connectivity index (χ0v) is 21.5. The van der Waals surface area contributed by atoms with Crippen LogP contribution in [0.15, 0.2) is 55.6 Å². The van der Waals surface area contributed by atoms with Crippen LogP contribution in [0.4, 0.5) is 0 Å². The fourth-order valence-electron chi connectivity index (χ4n) is 4.67. The van der Waals surface area contributed by atoms with Gasteiger partial charge < -0.3 is 20.5 Å². The molecule has 3 atom stereocenters. The van der Waals surface area contributed by atoms with Crippen molar-refractivity contribution in [3.8, 4) is 0 Å². The van der Waals surface area contributed by atoms with Crippen molar-refractivity contribution in [2.45, 2.75) is 76.4 Å². The van der Waals surface area contributed by atoms with Gasteiger partial charge in [-0.05, 0) is 51.0 Å².